The number of hydrogen-bond donors (Lipinski definition) is 4. The Morgan fingerprint density at radius 2 is 1.30 bits per heavy atom. The normalized spacial score (nSPS) is 28.5. The lowest BCUT2D eigenvalue weighted by molar-refractivity contribution is -0.265. The van der Waals surface area contributed by atoms with E-state index in [9.17, 15) is 43.8 Å². The first-order valence-corrected chi connectivity index (χ1v) is 45.8. The molecule has 0 unspecified atom stereocenters. The van der Waals surface area contributed by atoms with E-state index in [1.165, 1.54) is 18.3 Å². The lowest BCUT2D eigenvalue weighted by atomic mass is 9.78. The van der Waals surface area contributed by atoms with Gasteiger partial charge in [-0.1, -0.05) is 89.3 Å². The van der Waals surface area contributed by atoms with Crippen LogP contribution in [0.5, 0.6) is 0 Å². The summed E-state index contributed by atoms with van der Waals surface area (Å²) in [4.78, 5) is 113. The number of amides is 1. The molecule has 9 rings (SSSR count). The molecule has 31 heteroatoms. The number of fused-ring (bicyclic) bond motifs is 5. The van der Waals surface area contributed by atoms with Crippen LogP contribution in [-0.2, 0) is 105 Å². The van der Waals surface area contributed by atoms with Gasteiger partial charge in [-0.2, -0.15) is 5.10 Å². The van der Waals surface area contributed by atoms with Gasteiger partial charge in [0.1, 0.15) is 65.4 Å². The Balaban J connectivity index is 0.582. The van der Waals surface area contributed by atoms with E-state index in [0.717, 1.165) is 64.9 Å². The number of piperidine rings is 1. The highest BCUT2D eigenvalue weighted by Gasteiger charge is 2.53. The third-order valence-electron chi connectivity index (χ3n) is 25.2. The topological polar surface area (TPSA) is 387 Å². The number of aryl methyl sites for hydroxylation is 1. The van der Waals surface area contributed by atoms with Gasteiger partial charge in [0.2, 0.25) is 5.79 Å². The summed E-state index contributed by atoms with van der Waals surface area (Å²) in [5.41, 5.74) is 12.1. The van der Waals surface area contributed by atoms with Crippen LogP contribution in [0.3, 0.4) is 0 Å². The van der Waals surface area contributed by atoms with Crippen molar-refractivity contribution in [3.63, 3.8) is 0 Å². The van der Waals surface area contributed by atoms with E-state index >= 15 is 0 Å². The van der Waals surface area contributed by atoms with Crippen LogP contribution in [-0.4, -0.2) is 282 Å². The number of aliphatic hydroxyl groups excluding tert-OH is 1. The molecular weight excluding hydrogens is 1620 g/mol. The number of H-pyrrole nitrogens is 1. The summed E-state index contributed by atoms with van der Waals surface area (Å²) >= 11 is 0. The molecule has 6 heterocycles. The number of nitrogens with two attached hydrogens (primary N) is 1. The van der Waals surface area contributed by atoms with Crippen LogP contribution in [0.2, 0.25) is 0 Å². The number of benzene rings is 1. The first-order valence-electron chi connectivity index (χ1n) is 45.8. The molecule has 1 amide bonds. The van der Waals surface area contributed by atoms with E-state index in [-0.39, 0.29) is 73.4 Å². The predicted octanol–water partition coefficient (Wildman–Crippen LogP) is 11.5. The molecule has 5 aliphatic rings. The van der Waals surface area contributed by atoms with E-state index in [1.807, 2.05) is 61.7 Å². The lowest BCUT2D eigenvalue weighted by Crippen LogP contribution is -2.61. The molecule has 31 nitrogen and oxygen atoms in total. The number of rotatable bonds is 42. The SMILES string of the molecule is CO[C@H]1C[C@@H]2CC[C@@H](C)[C@@](O)(O2)C(=O)C(=O)N2CCCC[C@H]2C(=O)O[C@H]([C@H](C)C[C@@H]2CC[C@@H](OC(=O)CCCOCCOCCOCCOCCOCCOCCOCCOCCOCCCC(=O)C3CCC(c4nc(-c5cc6cccc(C)c6[nH]5)c5c(N)ncnn45)CC3)[C@H](OC)C2)CC(=O)[C@H](C)/C=C(\C)[C@@H](O)[C@@H](OC)C(=O)[C@H](C)C[C@H](C)/C=C/C=C/C=C/1C. The van der Waals surface area contributed by atoms with Gasteiger partial charge in [0.05, 0.1) is 130 Å². The lowest BCUT2D eigenvalue weighted by Gasteiger charge is -2.42. The Labute approximate surface area is 743 Å². The fourth-order valence-electron chi connectivity index (χ4n) is 17.7. The van der Waals surface area contributed by atoms with Crippen LogP contribution in [0.15, 0.2) is 78.2 Å². The third kappa shape index (κ3) is 30.9. The number of ether oxygens (including phenoxy) is 15. The van der Waals surface area contributed by atoms with Gasteiger partial charge < -0.3 is 96.9 Å². The zero-order chi connectivity index (χ0) is 90.5. The van der Waals surface area contributed by atoms with Crippen molar-refractivity contribution in [2.24, 2.45) is 41.4 Å². The van der Waals surface area contributed by atoms with Crippen molar-refractivity contribution in [2.45, 2.75) is 244 Å². The summed E-state index contributed by atoms with van der Waals surface area (Å²) in [5.74, 6) is -7.24. The van der Waals surface area contributed by atoms with Gasteiger partial charge in [-0.25, -0.2) is 19.3 Å². The molecule has 3 aromatic heterocycles. The first-order chi connectivity index (χ1) is 60.8. The second kappa shape index (κ2) is 53.6. The number of nitrogens with zero attached hydrogens (tertiary/aromatic N) is 5. The van der Waals surface area contributed by atoms with Crippen LogP contribution >= 0.6 is 0 Å². The van der Waals surface area contributed by atoms with Gasteiger partial charge in [-0.3, -0.25) is 28.8 Å². The smallest absolute Gasteiger partial charge is 0.329 e. The molecule has 702 valence electrons. The van der Waals surface area contributed by atoms with Gasteiger partial charge in [-0.05, 0) is 164 Å². The van der Waals surface area contributed by atoms with Crippen molar-refractivity contribution in [1.29, 1.82) is 0 Å². The van der Waals surface area contributed by atoms with Gasteiger partial charge in [0.25, 0.3) is 11.7 Å². The minimum atomic E-state index is -2.48. The monoisotopic (exact) mass is 1770 g/mol. The molecule has 1 aromatic carbocycles. The number of anilines is 1. The number of Topliss-reactive ketones (excluding diaryl/α,β-unsaturated/α-hetero) is 4. The number of methoxy groups -OCH3 is 3. The minimum Gasteiger partial charge on any atom is -0.460 e. The molecule has 2 saturated heterocycles. The number of carbonyl (C=O) groups excluding carboxylic acids is 7. The van der Waals surface area contributed by atoms with Gasteiger partial charge >= 0.3 is 11.9 Å². The molecule has 3 aliphatic heterocycles. The Morgan fingerprint density at radius 1 is 0.683 bits per heavy atom. The molecule has 126 heavy (non-hydrogen) atoms. The van der Waals surface area contributed by atoms with E-state index in [2.05, 4.69) is 40.2 Å². The van der Waals surface area contributed by atoms with Crippen LogP contribution in [0, 0.1) is 48.3 Å². The summed E-state index contributed by atoms with van der Waals surface area (Å²) < 4.78 is 88.8. The number of nitrogen functional groups attached to an aromatic ring is 1. The summed E-state index contributed by atoms with van der Waals surface area (Å²) in [6.07, 6.45) is 16.8. The van der Waals surface area contributed by atoms with Gasteiger partial charge in [0, 0.05) is 107 Å². The summed E-state index contributed by atoms with van der Waals surface area (Å²) in [6.45, 7) is 22.2. The number of nitrogens with one attached hydrogen (secondary N) is 1. The van der Waals surface area contributed by atoms with Gasteiger partial charge in [0.15, 0.2) is 11.6 Å². The van der Waals surface area contributed by atoms with Crippen molar-refractivity contribution >= 4 is 63.2 Å². The Bertz CT molecular complexity index is 4170. The molecule has 2 saturated carbocycles. The number of ketones is 4. The number of para-hydroxylation sites is 1. The van der Waals surface area contributed by atoms with Crippen molar-refractivity contribution < 1.29 is 115 Å². The number of hydrogen-bond acceptors (Lipinski definition) is 28. The van der Waals surface area contributed by atoms with Crippen LogP contribution < -0.4 is 5.73 Å². The number of carbonyl (C=O) groups is 7. The van der Waals surface area contributed by atoms with E-state index in [0.29, 0.717) is 219 Å². The van der Waals surface area contributed by atoms with E-state index < -0.39 is 95.9 Å². The number of aliphatic hydroxyl groups is 2. The molecule has 4 fully saturated rings. The molecule has 5 N–H and O–H groups in total. The van der Waals surface area contributed by atoms with Crippen LogP contribution in [0.4, 0.5) is 5.82 Å². The first kappa shape index (κ1) is 102. The fourth-order valence-corrected chi connectivity index (χ4v) is 17.7. The molecule has 15 atom stereocenters. The maximum absolute atomic E-state index is 14.8. The number of cyclic esters (lactones) is 1. The van der Waals surface area contributed by atoms with Gasteiger partial charge in [-0.15, -0.1) is 0 Å². The Morgan fingerprint density at radius 3 is 1.90 bits per heavy atom. The van der Waals surface area contributed by atoms with Crippen molar-refractivity contribution in [2.75, 3.05) is 153 Å². The maximum atomic E-state index is 14.8. The second-order valence-electron chi connectivity index (χ2n) is 34.7. The largest absolute Gasteiger partial charge is 0.460 e. The van der Waals surface area contributed by atoms with Crippen molar-refractivity contribution in [1.82, 2.24) is 29.5 Å². The van der Waals surface area contributed by atoms with Crippen LogP contribution in [0.25, 0.3) is 27.8 Å². The summed E-state index contributed by atoms with van der Waals surface area (Å²) in [6, 6.07) is 7.09. The standard InChI is InChI=1S/C95H143N7O24/c1-62-20-13-12-14-21-63(2)80(112-9)59-74-33-27-69(8)95(111,126-74)90(108)93(109)101-35-16-15-24-76(101)94(110)125-81(60-78(104)65(4)55-68(7)88(107)89(114-11)87(106)67(6)54-62)66(5)56-70-28-34-79(82(57-70)113-10)124-83(105)26-19-37-116-39-41-118-43-45-120-47-49-122-51-53-123-52-50-121-48-46-119-44-42-117-40-38-115-36-18-25-77(103)71-29-31-72(32-30-71)92-100-85(86-91(96)97-61-98-102(86)92)75-58-73-23-17-22-64(3)84(73)99-75/h12-14,17,20-23,55,58,61-62,65-67,69-72,74,76,79-82,88-89,99,107,111H,15-16,18-19,24-54,56-57,59-60H2,1-11H3,(H2,96,97,98)/b14-12+,20-13+,63-21+,68-55+/t62-,65-,66-,67-,69-,70+,71?,72?,74+,76+,79-,80+,81+,82-,88-,89+,95-/m1/s1. The highest BCUT2D eigenvalue weighted by molar-refractivity contribution is 6.39. The molecule has 0 radical (unpaired) electrons. The van der Waals surface area contributed by atoms with E-state index in [4.69, 9.17) is 81.8 Å². The zero-order valence-corrected chi connectivity index (χ0v) is 76.4. The quantitative estimate of drug-likeness (QED) is 0.0139. The van der Waals surface area contributed by atoms with Crippen LogP contribution in [0.1, 0.15) is 194 Å². The third-order valence-corrected chi connectivity index (χ3v) is 25.2. The average molecular weight is 1770 g/mol. The zero-order valence-electron chi connectivity index (χ0n) is 76.4. The number of aromatic amines is 1. The number of imidazole rings is 1. The minimum absolute atomic E-state index is 0.00124. The second-order valence-corrected chi connectivity index (χ2v) is 34.7. The highest BCUT2D eigenvalue weighted by Crippen LogP contribution is 2.42. The van der Waals surface area contributed by atoms with Crippen molar-refractivity contribution in [3.8, 4) is 11.4 Å². The fraction of sp³-hybridized carbons (Fsp3) is 0.705. The van der Waals surface area contributed by atoms with E-state index in [1.54, 1.807) is 48.0 Å². The highest BCUT2D eigenvalue weighted by atomic mass is 16.6. The number of esters is 2. The maximum Gasteiger partial charge on any atom is 0.329 e. The predicted molar refractivity (Wildman–Crippen MR) is 472 cm³/mol. The number of allylic oxidation sites excluding steroid dienone is 6. The average Bonchev–Trinajstić information content (AvgIpc) is 1.40. The molecular formula is C95H143N7O24. The summed E-state index contributed by atoms with van der Waals surface area (Å²) in [5, 5.41) is 29.4. The molecule has 2 bridgehead atoms. The Kier molecular flexibility index (Phi) is 43.5. The molecule has 2 aliphatic carbocycles. The van der Waals surface area contributed by atoms with Crippen molar-refractivity contribution in [3.05, 3.63) is 89.6 Å². The Hall–Kier alpha value is -7.44. The number of aromatic nitrogens is 5. The molecule has 0 spiro atoms. The molecule has 4 aromatic rings. The summed E-state index contributed by atoms with van der Waals surface area (Å²) in [7, 11) is 4.52.